The first-order valence-electron chi connectivity index (χ1n) is 6.16. The third-order valence-corrected chi connectivity index (χ3v) is 3.59. The van der Waals surface area contributed by atoms with Crippen molar-refractivity contribution in [3.8, 4) is 0 Å². The Labute approximate surface area is 132 Å². The van der Waals surface area contributed by atoms with Crippen LogP contribution in [0.15, 0.2) is 48.7 Å². The molecular weight excluding hydrogens is 312 g/mol. The van der Waals surface area contributed by atoms with Crippen LogP contribution in [0.1, 0.15) is 15.9 Å². The lowest BCUT2D eigenvalue weighted by Gasteiger charge is -2.03. The van der Waals surface area contributed by atoms with Crippen molar-refractivity contribution in [3.05, 3.63) is 75.7 Å². The molecule has 1 N–H and O–H groups in total. The van der Waals surface area contributed by atoms with Gasteiger partial charge in [0.1, 0.15) is 5.82 Å². The first-order chi connectivity index (χ1) is 9.97. The molecule has 0 aliphatic heterocycles. The van der Waals surface area contributed by atoms with E-state index in [0.717, 1.165) is 0 Å². The highest BCUT2D eigenvalue weighted by atomic mass is 35.5. The lowest BCUT2D eigenvalue weighted by Crippen LogP contribution is -1.97. The molecule has 0 amide bonds. The Morgan fingerprint density at radius 2 is 1.90 bits per heavy atom. The molecule has 0 saturated carbocycles. The summed E-state index contributed by atoms with van der Waals surface area (Å²) in [5.41, 5.74) is 1.68. The lowest BCUT2D eigenvalue weighted by atomic mass is 10.1. The van der Waals surface area contributed by atoms with Crippen LogP contribution < -0.4 is 5.32 Å². The minimum atomic E-state index is -0.267. The van der Waals surface area contributed by atoms with Gasteiger partial charge in [-0.3, -0.25) is 4.79 Å². The number of carbonyl (C=O) groups is 1. The number of ketones is 1. The number of benzene rings is 2. The molecule has 0 aromatic heterocycles. The van der Waals surface area contributed by atoms with Crippen molar-refractivity contribution in [2.45, 2.75) is 6.92 Å². The molecule has 0 aliphatic carbocycles. The molecule has 0 fully saturated rings. The smallest absolute Gasteiger partial charge is 0.187 e. The zero-order valence-electron chi connectivity index (χ0n) is 11.2. The van der Waals surface area contributed by atoms with Crippen molar-refractivity contribution >= 4 is 34.7 Å². The maximum atomic E-state index is 13.1. The van der Waals surface area contributed by atoms with Crippen molar-refractivity contribution in [2.24, 2.45) is 0 Å². The zero-order chi connectivity index (χ0) is 15.4. The second kappa shape index (κ2) is 6.74. The van der Waals surface area contributed by atoms with Crippen molar-refractivity contribution in [1.82, 2.24) is 0 Å². The Morgan fingerprint density at radius 1 is 1.14 bits per heavy atom. The maximum absolute atomic E-state index is 13.1. The molecule has 0 bridgehead atoms. The molecule has 2 rings (SSSR count). The molecule has 2 aromatic carbocycles. The summed E-state index contributed by atoms with van der Waals surface area (Å²) < 4.78 is 13.1. The molecule has 0 atom stereocenters. The molecule has 0 radical (unpaired) electrons. The third-order valence-electron chi connectivity index (χ3n) is 2.85. The molecule has 2 aromatic rings. The molecule has 0 saturated heterocycles. The van der Waals surface area contributed by atoms with Gasteiger partial charge in [0.2, 0.25) is 0 Å². The fraction of sp³-hybridized carbons (Fsp3) is 0.0625. The Bertz CT molecular complexity index is 713. The van der Waals surface area contributed by atoms with E-state index in [9.17, 15) is 9.18 Å². The number of hydrogen-bond donors (Lipinski definition) is 1. The van der Waals surface area contributed by atoms with E-state index in [1.165, 1.54) is 24.4 Å². The van der Waals surface area contributed by atoms with Crippen LogP contribution in [0.25, 0.3) is 0 Å². The largest absolute Gasteiger partial charge is 0.362 e. The van der Waals surface area contributed by atoms with Gasteiger partial charge in [-0.25, -0.2) is 4.39 Å². The Hall–Kier alpha value is -1.84. The van der Waals surface area contributed by atoms with Gasteiger partial charge in [-0.2, -0.15) is 0 Å². The summed E-state index contributed by atoms with van der Waals surface area (Å²) in [6, 6.07) is 9.30. The number of carbonyl (C=O) groups excluding carboxylic acids is 1. The number of anilines is 1. The second-order valence-corrected chi connectivity index (χ2v) is 5.25. The van der Waals surface area contributed by atoms with Crippen LogP contribution in [0, 0.1) is 12.7 Å². The summed E-state index contributed by atoms with van der Waals surface area (Å²) in [4.78, 5) is 11.9. The van der Waals surface area contributed by atoms with E-state index in [0.29, 0.717) is 26.9 Å². The third kappa shape index (κ3) is 4.06. The monoisotopic (exact) mass is 323 g/mol. The number of allylic oxidation sites excluding steroid dienone is 1. The van der Waals surface area contributed by atoms with Crippen LogP contribution in [0.5, 0.6) is 0 Å². The van der Waals surface area contributed by atoms with Gasteiger partial charge in [-0.1, -0.05) is 23.2 Å². The van der Waals surface area contributed by atoms with Crippen molar-refractivity contribution < 1.29 is 9.18 Å². The first-order valence-corrected chi connectivity index (χ1v) is 6.91. The average Bonchev–Trinajstić information content (AvgIpc) is 2.45. The molecule has 0 spiro atoms. The Morgan fingerprint density at radius 3 is 2.57 bits per heavy atom. The van der Waals surface area contributed by atoms with E-state index in [2.05, 4.69) is 5.32 Å². The standard InChI is InChI=1S/C16H12Cl2FNO/c1-10-8-12(3-5-15(10)19)20-7-6-16(21)11-2-4-13(17)14(18)9-11/h2-9,20H,1H3. The van der Waals surface area contributed by atoms with E-state index in [1.54, 1.807) is 31.2 Å². The van der Waals surface area contributed by atoms with Gasteiger partial charge in [0.15, 0.2) is 5.78 Å². The van der Waals surface area contributed by atoms with Gasteiger partial charge in [0.05, 0.1) is 10.0 Å². The van der Waals surface area contributed by atoms with Gasteiger partial charge < -0.3 is 5.32 Å². The second-order valence-electron chi connectivity index (χ2n) is 4.43. The molecule has 2 nitrogen and oxygen atoms in total. The van der Waals surface area contributed by atoms with Crippen LogP contribution >= 0.6 is 23.2 Å². The predicted octanol–water partition coefficient (Wildman–Crippen LogP) is 5.25. The van der Waals surface area contributed by atoms with E-state index in [4.69, 9.17) is 23.2 Å². The number of aryl methyl sites for hydroxylation is 1. The van der Waals surface area contributed by atoms with Gasteiger partial charge in [0, 0.05) is 23.5 Å². The minimum Gasteiger partial charge on any atom is -0.362 e. The maximum Gasteiger partial charge on any atom is 0.187 e. The zero-order valence-corrected chi connectivity index (χ0v) is 12.7. The van der Waals surface area contributed by atoms with Crippen molar-refractivity contribution in [3.63, 3.8) is 0 Å². The van der Waals surface area contributed by atoms with Crippen molar-refractivity contribution in [1.29, 1.82) is 0 Å². The predicted molar refractivity (Wildman–Crippen MR) is 84.7 cm³/mol. The van der Waals surface area contributed by atoms with Crippen molar-refractivity contribution in [2.75, 3.05) is 5.32 Å². The fourth-order valence-electron chi connectivity index (χ4n) is 1.69. The highest BCUT2D eigenvalue weighted by molar-refractivity contribution is 6.42. The number of rotatable bonds is 4. The Kier molecular flexibility index (Phi) is 4.99. The van der Waals surface area contributed by atoms with E-state index in [1.807, 2.05) is 0 Å². The molecule has 0 aliphatic rings. The van der Waals surface area contributed by atoms with Gasteiger partial charge in [-0.15, -0.1) is 0 Å². The average molecular weight is 324 g/mol. The van der Waals surface area contributed by atoms with Crippen LogP contribution in [-0.2, 0) is 0 Å². The summed E-state index contributed by atoms with van der Waals surface area (Å²) >= 11 is 11.7. The van der Waals surface area contributed by atoms with Crippen LogP contribution in [0.4, 0.5) is 10.1 Å². The van der Waals surface area contributed by atoms with Gasteiger partial charge in [0.25, 0.3) is 0 Å². The Balaban J connectivity index is 2.04. The van der Waals surface area contributed by atoms with Crippen LogP contribution in [0.3, 0.4) is 0 Å². The molecule has 5 heteroatoms. The lowest BCUT2D eigenvalue weighted by molar-refractivity contribution is 0.104. The summed E-state index contributed by atoms with van der Waals surface area (Å²) in [7, 11) is 0. The molecule has 108 valence electrons. The normalized spacial score (nSPS) is 10.9. The highest BCUT2D eigenvalue weighted by Crippen LogP contribution is 2.23. The van der Waals surface area contributed by atoms with E-state index >= 15 is 0 Å². The highest BCUT2D eigenvalue weighted by Gasteiger charge is 2.05. The minimum absolute atomic E-state index is 0.208. The summed E-state index contributed by atoms with van der Waals surface area (Å²) in [5, 5.41) is 3.64. The summed E-state index contributed by atoms with van der Waals surface area (Å²) in [5.74, 6) is -0.476. The number of nitrogens with one attached hydrogen (secondary N) is 1. The molecule has 0 heterocycles. The quantitative estimate of drug-likeness (QED) is 0.615. The van der Waals surface area contributed by atoms with E-state index in [-0.39, 0.29) is 11.6 Å². The number of hydrogen-bond acceptors (Lipinski definition) is 2. The van der Waals surface area contributed by atoms with E-state index < -0.39 is 0 Å². The first kappa shape index (κ1) is 15.5. The molecule has 21 heavy (non-hydrogen) atoms. The fourth-order valence-corrected chi connectivity index (χ4v) is 1.99. The topological polar surface area (TPSA) is 29.1 Å². The van der Waals surface area contributed by atoms with Crippen LogP contribution in [0.2, 0.25) is 10.0 Å². The number of halogens is 3. The summed E-state index contributed by atoms with van der Waals surface area (Å²) in [6.07, 6.45) is 2.87. The molecular formula is C16H12Cl2FNO. The van der Waals surface area contributed by atoms with Crippen LogP contribution in [-0.4, -0.2) is 5.78 Å². The SMILES string of the molecule is Cc1cc(NC=CC(=O)c2ccc(Cl)c(Cl)c2)ccc1F. The van der Waals surface area contributed by atoms with Gasteiger partial charge >= 0.3 is 0 Å². The molecule has 0 unspecified atom stereocenters. The summed E-state index contributed by atoms with van der Waals surface area (Å²) in [6.45, 7) is 1.67. The van der Waals surface area contributed by atoms with Gasteiger partial charge in [-0.05, 0) is 48.9 Å².